The van der Waals surface area contributed by atoms with Crippen molar-refractivity contribution in [3.8, 4) is 5.75 Å². The molecule has 0 aliphatic carbocycles. The second kappa shape index (κ2) is 6.38. The van der Waals surface area contributed by atoms with Gasteiger partial charge in [-0.05, 0) is 24.3 Å². The van der Waals surface area contributed by atoms with Gasteiger partial charge in [-0.3, -0.25) is 5.32 Å². The van der Waals surface area contributed by atoms with Gasteiger partial charge in [0.15, 0.2) is 0 Å². The molecule has 1 aromatic carbocycles. The third-order valence-electron chi connectivity index (χ3n) is 2.60. The van der Waals surface area contributed by atoms with E-state index in [0.29, 0.717) is 11.4 Å². The molecule has 2 aromatic rings. The quantitative estimate of drug-likeness (QED) is 0.801. The van der Waals surface area contributed by atoms with Gasteiger partial charge in [0.25, 0.3) is 0 Å². The number of benzene rings is 1. The Morgan fingerprint density at radius 1 is 1.19 bits per heavy atom. The van der Waals surface area contributed by atoms with Crippen LogP contribution in [0.2, 0.25) is 0 Å². The van der Waals surface area contributed by atoms with E-state index in [2.05, 4.69) is 15.6 Å². The Labute approximate surface area is 120 Å². The van der Waals surface area contributed by atoms with E-state index in [1.54, 1.807) is 24.3 Å². The highest BCUT2D eigenvalue weighted by atomic mass is 16.5. The Morgan fingerprint density at radius 3 is 2.71 bits per heavy atom. The molecule has 7 nitrogen and oxygen atoms in total. The number of nitrogens with one attached hydrogen (secondary N) is 2. The summed E-state index contributed by atoms with van der Waals surface area (Å²) in [4.78, 5) is 26.7. The fourth-order valence-electron chi connectivity index (χ4n) is 1.65. The van der Waals surface area contributed by atoms with E-state index in [0.717, 1.165) is 0 Å². The number of methoxy groups -OCH3 is 1. The van der Waals surface area contributed by atoms with Crippen LogP contribution in [0, 0.1) is 0 Å². The number of amides is 2. The normalized spacial score (nSPS) is 9.76. The molecule has 21 heavy (non-hydrogen) atoms. The minimum atomic E-state index is -1.17. The van der Waals surface area contributed by atoms with Gasteiger partial charge in [-0.2, -0.15) is 0 Å². The maximum atomic E-state index is 11.9. The molecule has 0 spiro atoms. The number of carboxylic acids is 1. The van der Waals surface area contributed by atoms with Gasteiger partial charge in [0.2, 0.25) is 0 Å². The van der Waals surface area contributed by atoms with Crippen molar-refractivity contribution in [2.75, 3.05) is 17.7 Å². The summed E-state index contributed by atoms with van der Waals surface area (Å²) in [5.74, 6) is -0.595. The third kappa shape index (κ3) is 3.69. The Bertz CT molecular complexity index is 673. The summed E-state index contributed by atoms with van der Waals surface area (Å²) in [6.07, 6.45) is 1.40. The zero-order chi connectivity index (χ0) is 15.2. The first-order valence-corrected chi connectivity index (χ1v) is 6.00. The summed E-state index contributed by atoms with van der Waals surface area (Å²) in [5, 5.41) is 14.0. The molecule has 2 amide bonds. The van der Waals surface area contributed by atoms with Crippen LogP contribution >= 0.6 is 0 Å². The number of carbonyl (C=O) groups is 2. The predicted molar refractivity (Wildman–Crippen MR) is 76.8 cm³/mol. The number of aromatic nitrogens is 1. The molecule has 0 radical (unpaired) electrons. The number of carboxylic acid groups (broad SMARTS) is 1. The molecule has 108 valence electrons. The van der Waals surface area contributed by atoms with E-state index in [4.69, 9.17) is 9.84 Å². The van der Waals surface area contributed by atoms with Crippen molar-refractivity contribution < 1.29 is 19.4 Å². The lowest BCUT2D eigenvalue weighted by atomic mass is 10.2. The average molecular weight is 287 g/mol. The van der Waals surface area contributed by atoms with Gasteiger partial charge in [0.05, 0.1) is 7.11 Å². The minimum absolute atomic E-state index is 0.0228. The SMILES string of the molecule is COc1cccc(NC(=O)Nc2ncccc2C(=O)O)c1. The number of pyridine rings is 1. The van der Waals surface area contributed by atoms with Gasteiger partial charge in [-0.25, -0.2) is 14.6 Å². The zero-order valence-electron chi connectivity index (χ0n) is 11.2. The summed E-state index contributed by atoms with van der Waals surface area (Å²) in [6, 6.07) is 9.02. The van der Waals surface area contributed by atoms with Crippen LogP contribution in [-0.4, -0.2) is 29.2 Å². The Hall–Kier alpha value is -3.09. The topological polar surface area (TPSA) is 101 Å². The standard InChI is InChI=1S/C14H13N3O4/c1-21-10-5-2-4-9(8-10)16-14(20)17-12-11(13(18)19)6-3-7-15-12/h2-8H,1H3,(H,18,19)(H2,15,16,17,20). The van der Waals surface area contributed by atoms with Gasteiger partial charge >= 0.3 is 12.0 Å². The molecule has 0 saturated heterocycles. The summed E-state index contributed by atoms with van der Waals surface area (Å²) in [5.41, 5.74) is 0.429. The molecule has 0 aliphatic heterocycles. The van der Waals surface area contributed by atoms with Crippen LogP contribution < -0.4 is 15.4 Å². The second-order valence-corrected chi connectivity index (χ2v) is 4.02. The Morgan fingerprint density at radius 2 is 2.00 bits per heavy atom. The van der Waals surface area contributed by atoms with Crippen LogP contribution in [0.25, 0.3) is 0 Å². The molecule has 0 fully saturated rings. The molecule has 0 aliphatic rings. The van der Waals surface area contributed by atoms with Crippen molar-refractivity contribution in [3.63, 3.8) is 0 Å². The smallest absolute Gasteiger partial charge is 0.339 e. The van der Waals surface area contributed by atoms with Crippen LogP contribution in [0.15, 0.2) is 42.6 Å². The molecule has 1 heterocycles. The molecular formula is C14H13N3O4. The zero-order valence-corrected chi connectivity index (χ0v) is 11.2. The molecule has 7 heteroatoms. The summed E-state index contributed by atoms with van der Waals surface area (Å²) in [6.45, 7) is 0. The highest BCUT2D eigenvalue weighted by molar-refractivity contribution is 6.03. The first-order chi connectivity index (χ1) is 10.1. The lowest BCUT2D eigenvalue weighted by molar-refractivity contribution is 0.0697. The van der Waals surface area contributed by atoms with Crippen molar-refractivity contribution in [1.29, 1.82) is 0 Å². The fourth-order valence-corrected chi connectivity index (χ4v) is 1.65. The van der Waals surface area contributed by atoms with Crippen LogP contribution in [-0.2, 0) is 0 Å². The van der Waals surface area contributed by atoms with Gasteiger partial charge < -0.3 is 15.2 Å². The van der Waals surface area contributed by atoms with Crippen molar-refractivity contribution in [3.05, 3.63) is 48.2 Å². The predicted octanol–water partition coefficient (Wildman–Crippen LogP) is 2.43. The highest BCUT2D eigenvalue weighted by Crippen LogP contribution is 2.17. The van der Waals surface area contributed by atoms with Crippen molar-refractivity contribution in [1.82, 2.24) is 4.98 Å². The van der Waals surface area contributed by atoms with E-state index in [1.807, 2.05) is 0 Å². The van der Waals surface area contributed by atoms with Crippen LogP contribution in [0.1, 0.15) is 10.4 Å². The van der Waals surface area contributed by atoms with Gasteiger partial charge in [-0.1, -0.05) is 6.07 Å². The number of anilines is 2. The lowest BCUT2D eigenvalue weighted by Gasteiger charge is -2.09. The van der Waals surface area contributed by atoms with E-state index in [-0.39, 0.29) is 11.4 Å². The number of ether oxygens (including phenoxy) is 1. The number of urea groups is 1. The molecule has 3 N–H and O–H groups in total. The third-order valence-corrected chi connectivity index (χ3v) is 2.60. The monoisotopic (exact) mass is 287 g/mol. The van der Waals surface area contributed by atoms with E-state index < -0.39 is 12.0 Å². The summed E-state index contributed by atoms with van der Waals surface area (Å²) < 4.78 is 5.04. The fraction of sp³-hybridized carbons (Fsp3) is 0.0714. The van der Waals surface area contributed by atoms with Gasteiger partial charge in [0, 0.05) is 18.0 Å². The average Bonchev–Trinajstić information content (AvgIpc) is 2.47. The van der Waals surface area contributed by atoms with Crippen molar-refractivity contribution >= 4 is 23.5 Å². The van der Waals surface area contributed by atoms with Crippen LogP contribution in [0.4, 0.5) is 16.3 Å². The first kappa shape index (κ1) is 14.3. The second-order valence-electron chi connectivity index (χ2n) is 4.02. The number of rotatable bonds is 4. The maximum Gasteiger partial charge on any atom is 0.339 e. The number of aromatic carboxylic acids is 1. The summed E-state index contributed by atoms with van der Waals surface area (Å²) >= 11 is 0. The molecular weight excluding hydrogens is 274 g/mol. The van der Waals surface area contributed by atoms with Crippen LogP contribution in [0.3, 0.4) is 0 Å². The summed E-state index contributed by atoms with van der Waals surface area (Å²) in [7, 11) is 1.52. The van der Waals surface area contributed by atoms with E-state index >= 15 is 0 Å². The number of carbonyl (C=O) groups excluding carboxylic acids is 1. The molecule has 0 saturated carbocycles. The number of hydrogen-bond acceptors (Lipinski definition) is 4. The number of nitrogens with zero attached hydrogens (tertiary/aromatic N) is 1. The number of hydrogen-bond donors (Lipinski definition) is 3. The Kier molecular flexibility index (Phi) is 4.35. The van der Waals surface area contributed by atoms with Crippen molar-refractivity contribution in [2.24, 2.45) is 0 Å². The Balaban J connectivity index is 2.10. The van der Waals surface area contributed by atoms with Gasteiger partial charge in [-0.15, -0.1) is 0 Å². The minimum Gasteiger partial charge on any atom is -0.497 e. The van der Waals surface area contributed by atoms with Gasteiger partial charge in [0.1, 0.15) is 17.1 Å². The van der Waals surface area contributed by atoms with E-state index in [9.17, 15) is 9.59 Å². The largest absolute Gasteiger partial charge is 0.497 e. The molecule has 0 unspecified atom stereocenters. The molecule has 1 aromatic heterocycles. The van der Waals surface area contributed by atoms with Crippen LogP contribution in [0.5, 0.6) is 5.75 Å². The highest BCUT2D eigenvalue weighted by Gasteiger charge is 2.13. The lowest BCUT2D eigenvalue weighted by Crippen LogP contribution is -2.21. The first-order valence-electron chi connectivity index (χ1n) is 6.00. The van der Waals surface area contributed by atoms with Crippen molar-refractivity contribution in [2.45, 2.75) is 0 Å². The maximum absolute atomic E-state index is 11.9. The molecule has 2 rings (SSSR count). The molecule has 0 atom stereocenters. The molecule has 0 bridgehead atoms. The van der Waals surface area contributed by atoms with E-state index in [1.165, 1.54) is 25.4 Å².